The zero-order valence-electron chi connectivity index (χ0n) is 15.5. The number of halogens is 1. The molecule has 0 aliphatic heterocycles. The molecule has 4 N–H and O–H groups in total. The van der Waals surface area contributed by atoms with Gasteiger partial charge in [-0.25, -0.2) is 4.79 Å². The minimum Gasteiger partial charge on any atom is -0.394 e. The van der Waals surface area contributed by atoms with Crippen LogP contribution < -0.4 is 10.6 Å². The van der Waals surface area contributed by atoms with Gasteiger partial charge in [0, 0.05) is 11.6 Å². The second-order valence-electron chi connectivity index (χ2n) is 6.36. The summed E-state index contributed by atoms with van der Waals surface area (Å²) >= 11 is 5.83. The standard InChI is InChI=1S/C20H31ClN2O3/c1-2-3-4-5-6-7-14-22-20(26)23-18(15-24)19(25)13-10-16-8-11-17(21)12-9-16/h8-13,18-19,24-25H,2-7,14-15H2,1H3,(H2,22,23,26). The van der Waals surface area contributed by atoms with Crippen molar-refractivity contribution in [3.63, 3.8) is 0 Å². The fraction of sp³-hybridized carbons (Fsp3) is 0.550. The minimum absolute atomic E-state index is 0.351. The molecule has 0 aromatic heterocycles. The van der Waals surface area contributed by atoms with Gasteiger partial charge < -0.3 is 20.8 Å². The number of amides is 2. The van der Waals surface area contributed by atoms with Crippen molar-refractivity contribution in [1.29, 1.82) is 0 Å². The molecular weight excluding hydrogens is 352 g/mol. The molecule has 0 spiro atoms. The molecule has 2 amide bonds. The largest absolute Gasteiger partial charge is 0.394 e. The normalized spacial score (nSPS) is 13.5. The molecule has 2 unspecified atom stereocenters. The highest BCUT2D eigenvalue weighted by atomic mass is 35.5. The van der Waals surface area contributed by atoms with Gasteiger partial charge in [0.1, 0.15) is 0 Å². The maximum absolute atomic E-state index is 11.9. The van der Waals surface area contributed by atoms with Crippen molar-refractivity contribution in [2.75, 3.05) is 13.2 Å². The Kier molecular flexibility index (Phi) is 11.8. The van der Waals surface area contributed by atoms with Crippen LogP contribution in [0.4, 0.5) is 4.79 Å². The molecule has 1 rings (SSSR count). The van der Waals surface area contributed by atoms with Gasteiger partial charge in [-0.3, -0.25) is 0 Å². The van der Waals surface area contributed by atoms with E-state index in [4.69, 9.17) is 11.6 Å². The second kappa shape index (κ2) is 13.6. The van der Waals surface area contributed by atoms with Crippen LogP contribution in [0.3, 0.4) is 0 Å². The Bertz CT molecular complexity index is 534. The van der Waals surface area contributed by atoms with Crippen LogP contribution >= 0.6 is 11.6 Å². The third-order valence-electron chi connectivity index (χ3n) is 4.10. The molecule has 0 fully saturated rings. The smallest absolute Gasteiger partial charge is 0.315 e. The Morgan fingerprint density at radius 2 is 1.81 bits per heavy atom. The first kappa shape index (κ1) is 22.5. The summed E-state index contributed by atoms with van der Waals surface area (Å²) in [5.41, 5.74) is 0.873. The van der Waals surface area contributed by atoms with Crippen LogP contribution in [0, 0.1) is 0 Å². The molecule has 0 saturated heterocycles. The summed E-state index contributed by atoms with van der Waals surface area (Å²) < 4.78 is 0. The van der Waals surface area contributed by atoms with Crippen molar-refractivity contribution in [2.24, 2.45) is 0 Å². The number of hydrogen-bond acceptors (Lipinski definition) is 3. The summed E-state index contributed by atoms with van der Waals surface area (Å²) in [4.78, 5) is 11.9. The van der Waals surface area contributed by atoms with E-state index in [2.05, 4.69) is 17.6 Å². The van der Waals surface area contributed by atoms with Gasteiger partial charge in [0.25, 0.3) is 0 Å². The van der Waals surface area contributed by atoms with E-state index in [1.54, 1.807) is 18.2 Å². The number of benzene rings is 1. The van der Waals surface area contributed by atoms with E-state index in [9.17, 15) is 15.0 Å². The molecule has 0 heterocycles. The summed E-state index contributed by atoms with van der Waals surface area (Å²) in [7, 11) is 0. The Hall–Kier alpha value is -1.56. The summed E-state index contributed by atoms with van der Waals surface area (Å²) in [6.45, 7) is 2.42. The lowest BCUT2D eigenvalue weighted by atomic mass is 10.1. The predicted octanol–water partition coefficient (Wildman–Crippen LogP) is 3.73. The predicted molar refractivity (Wildman–Crippen MR) is 107 cm³/mol. The quantitative estimate of drug-likeness (QED) is 0.416. The minimum atomic E-state index is -0.990. The molecule has 1 aromatic rings. The maximum Gasteiger partial charge on any atom is 0.315 e. The van der Waals surface area contributed by atoms with Crippen LogP contribution in [-0.4, -0.2) is 41.5 Å². The summed E-state index contributed by atoms with van der Waals surface area (Å²) in [5, 5.41) is 25.6. The first-order valence-electron chi connectivity index (χ1n) is 9.34. The lowest BCUT2D eigenvalue weighted by Crippen LogP contribution is -2.49. The fourth-order valence-corrected chi connectivity index (χ4v) is 2.61. The Morgan fingerprint density at radius 3 is 2.46 bits per heavy atom. The molecule has 26 heavy (non-hydrogen) atoms. The van der Waals surface area contributed by atoms with Crippen LogP contribution in [0.25, 0.3) is 6.08 Å². The highest BCUT2D eigenvalue weighted by molar-refractivity contribution is 6.30. The molecule has 1 aromatic carbocycles. The van der Waals surface area contributed by atoms with Crippen molar-refractivity contribution < 1.29 is 15.0 Å². The fourth-order valence-electron chi connectivity index (χ4n) is 2.48. The van der Waals surface area contributed by atoms with E-state index >= 15 is 0 Å². The average molecular weight is 383 g/mol. The number of rotatable bonds is 12. The van der Waals surface area contributed by atoms with E-state index in [0.717, 1.165) is 18.4 Å². The molecule has 2 atom stereocenters. The SMILES string of the molecule is CCCCCCCCNC(=O)NC(CO)C(O)C=Cc1ccc(Cl)cc1. The molecule has 146 valence electrons. The number of carbonyl (C=O) groups excluding carboxylic acids is 1. The van der Waals surface area contributed by atoms with Gasteiger partial charge in [-0.2, -0.15) is 0 Å². The van der Waals surface area contributed by atoms with Crippen LogP contribution in [0.1, 0.15) is 51.0 Å². The zero-order chi connectivity index (χ0) is 19.2. The van der Waals surface area contributed by atoms with Crippen molar-refractivity contribution in [2.45, 2.75) is 57.6 Å². The molecule has 0 bridgehead atoms. The highest BCUT2D eigenvalue weighted by Crippen LogP contribution is 2.11. The van der Waals surface area contributed by atoms with Crippen LogP contribution in [-0.2, 0) is 0 Å². The first-order chi connectivity index (χ1) is 12.6. The third kappa shape index (κ3) is 9.80. The molecule has 6 heteroatoms. The number of nitrogens with one attached hydrogen (secondary N) is 2. The molecule has 5 nitrogen and oxygen atoms in total. The van der Waals surface area contributed by atoms with Gasteiger partial charge in [-0.1, -0.05) is 74.9 Å². The zero-order valence-corrected chi connectivity index (χ0v) is 16.2. The highest BCUT2D eigenvalue weighted by Gasteiger charge is 2.18. The van der Waals surface area contributed by atoms with E-state index in [1.807, 2.05) is 12.1 Å². The molecule has 0 aliphatic rings. The van der Waals surface area contributed by atoms with Crippen molar-refractivity contribution in [3.05, 3.63) is 40.9 Å². The van der Waals surface area contributed by atoms with Gasteiger partial charge in [0.2, 0.25) is 0 Å². The third-order valence-corrected chi connectivity index (χ3v) is 4.35. The number of aliphatic hydroxyl groups excluding tert-OH is 2. The molecular formula is C20H31ClN2O3. The Labute approximate surface area is 161 Å². The molecule has 0 saturated carbocycles. The van der Waals surface area contributed by atoms with Gasteiger partial charge in [0.15, 0.2) is 0 Å². The van der Waals surface area contributed by atoms with Gasteiger partial charge in [-0.05, 0) is 24.1 Å². The number of carbonyl (C=O) groups is 1. The molecule has 0 radical (unpaired) electrons. The number of aliphatic hydroxyl groups is 2. The summed E-state index contributed by atoms with van der Waals surface area (Å²) in [6.07, 6.45) is 9.20. The average Bonchev–Trinajstić information content (AvgIpc) is 2.64. The van der Waals surface area contributed by atoms with Gasteiger partial charge in [0.05, 0.1) is 18.8 Å². The van der Waals surface area contributed by atoms with Crippen LogP contribution in [0.15, 0.2) is 30.3 Å². The summed E-state index contributed by atoms with van der Waals surface area (Å²) in [6, 6.07) is 6.01. The van der Waals surface area contributed by atoms with E-state index < -0.39 is 12.1 Å². The monoisotopic (exact) mass is 382 g/mol. The van der Waals surface area contributed by atoms with Gasteiger partial charge >= 0.3 is 6.03 Å². The second-order valence-corrected chi connectivity index (χ2v) is 6.79. The lowest BCUT2D eigenvalue weighted by molar-refractivity contribution is 0.126. The van der Waals surface area contributed by atoms with E-state index in [1.165, 1.54) is 31.8 Å². The maximum atomic E-state index is 11.9. The van der Waals surface area contributed by atoms with E-state index in [0.29, 0.717) is 11.6 Å². The first-order valence-corrected chi connectivity index (χ1v) is 9.71. The van der Waals surface area contributed by atoms with E-state index in [-0.39, 0.29) is 12.6 Å². The van der Waals surface area contributed by atoms with Crippen molar-refractivity contribution >= 4 is 23.7 Å². The molecule has 0 aliphatic carbocycles. The van der Waals surface area contributed by atoms with Crippen molar-refractivity contribution in [1.82, 2.24) is 10.6 Å². The van der Waals surface area contributed by atoms with Crippen LogP contribution in [0.5, 0.6) is 0 Å². The van der Waals surface area contributed by atoms with Crippen LogP contribution in [0.2, 0.25) is 5.02 Å². The Morgan fingerprint density at radius 1 is 1.15 bits per heavy atom. The number of unbranched alkanes of at least 4 members (excludes halogenated alkanes) is 5. The van der Waals surface area contributed by atoms with Crippen molar-refractivity contribution in [3.8, 4) is 0 Å². The number of urea groups is 1. The topological polar surface area (TPSA) is 81.6 Å². The lowest BCUT2D eigenvalue weighted by Gasteiger charge is -2.20. The van der Waals surface area contributed by atoms with Gasteiger partial charge in [-0.15, -0.1) is 0 Å². The number of hydrogen-bond donors (Lipinski definition) is 4. The summed E-state index contributed by atoms with van der Waals surface area (Å²) in [5.74, 6) is 0. The Balaban J connectivity index is 2.30.